The minimum absolute atomic E-state index is 0.0860. The SMILES string of the molecule is COc1ccc([C@@H]2Cn3nnc(C(=O)N4CCN(c5ccc(OC)cc5)CC4)c3CO2)cc1. The fraction of sp³-hybridized carbons (Fsp3) is 0.375. The summed E-state index contributed by atoms with van der Waals surface area (Å²) in [4.78, 5) is 17.3. The zero-order valence-electron chi connectivity index (χ0n) is 18.8. The molecule has 0 aliphatic carbocycles. The molecule has 5 rings (SSSR count). The van der Waals surface area contributed by atoms with Gasteiger partial charge in [0, 0.05) is 31.9 Å². The van der Waals surface area contributed by atoms with E-state index in [2.05, 4.69) is 15.2 Å². The molecule has 1 aromatic heterocycles. The van der Waals surface area contributed by atoms with Crippen LogP contribution in [0, 0.1) is 0 Å². The van der Waals surface area contributed by atoms with Crippen LogP contribution >= 0.6 is 0 Å². The summed E-state index contributed by atoms with van der Waals surface area (Å²) in [5.41, 5.74) is 3.30. The zero-order valence-corrected chi connectivity index (χ0v) is 18.8. The number of amides is 1. The summed E-state index contributed by atoms with van der Waals surface area (Å²) in [6.45, 7) is 3.61. The van der Waals surface area contributed by atoms with Crippen LogP contribution < -0.4 is 14.4 Å². The molecular weight excluding hydrogens is 422 g/mol. The van der Waals surface area contributed by atoms with Crippen LogP contribution in [0.5, 0.6) is 11.5 Å². The molecule has 172 valence electrons. The van der Waals surface area contributed by atoms with E-state index in [1.807, 2.05) is 53.4 Å². The van der Waals surface area contributed by atoms with Crippen molar-refractivity contribution >= 4 is 11.6 Å². The monoisotopic (exact) mass is 449 g/mol. The molecule has 33 heavy (non-hydrogen) atoms. The fourth-order valence-electron chi connectivity index (χ4n) is 4.31. The molecule has 0 N–H and O–H groups in total. The molecule has 2 aliphatic heterocycles. The summed E-state index contributed by atoms with van der Waals surface area (Å²) >= 11 is 0. The highest BCUT2D eigenvalue weighted by atomic mass is 16.5. The Kier molecular flexibility index (Phi) is 5.87. The van der Waals surface area contributed by atoms with Gasteiger partial charge in [0.2, 0.25) is 0 Å². The maximum absolute atomic E-state index is 13.2. The van der Waals surface area contributed by atoms with Crippen LogP contribution in [0.4, 0.5) is 5.69 Å². The molecule has 2 aromatic carbocycles. The number of hydrogen-bond donors (Lipinski definition) is 0. The van der Waals surface area contributed by atoms with E-state index in [9.17, 15) is 4.79 Å². The van der Waals surface area contributed by atoms with Gasteiger partial charge in [-0.2, -0.15) is 0 Å². The number of piperazine rings is 1. The summed E-state index contributed by atoms with van der Waals surface area (Å²) in [6.07, 6.45) is -0.138. The Bertz CT molecular complexity index is 1100. The van der Waals surface area contributed by atoms with E-state index in [0.717, 1.165) is 41.5 Å². The van der Waals surface area contributed by atoms with Gasteiger partial charge in [-0.05, 0) is 42.0 Å². The lowest BCUT2D eigenvalue weighted by Crippen LogP contribution is -2.49. The van der Waals surface area contributed by atoms with Crippen LogP contribution in [0.15, 0.2) is 48.5 Å². The number of carbonyl (C=O) groups is 1. The lowest BCUT2D eigenvalue weighted by Gasteiger charge is -2.36. The number of benzene rings is 2. The molecule has 9 heteroatoms. The van der Waals surface area contributed by atoms with E-state index in [1.165, 1.54) is 0 Å². The largest absolute Gasteiger partial charge is 0.497 e. The molecule has 3 aromatic rings. The molecule has 0 bridgehead atoms. The molecular formula is C24H27N5O4. The van der Waals surface area contributed by atoms with Crippen LogP contribution in [0.25, 0.3) is 0 Å². The van der Waals surface area contributed by atoms with E-state index in [1.54, 1.807) is 18.9 Å². The van der Waals surface area contributed by atoms with Gasteiger partial charge >= 0.3 is 0 Å². The van der Waals surface area contributed by atoms with Crippen LogP contribution in [-0.2, 0) is 17.9 Å². The van der Waals surface area contributed by atoms with Gasteiger partial charge in [0.15, 0.2) is 5.69 Å². The van der Waals surface area contributed by atoms with E-state index >= 15 is 0 Å². The highest BCUT2D eigenvalue weighted by Gasteiger charge is 2.31. The average Bonchev–Trinajstić information content (AvgIpc) is 3.32. The lowest BCUT2D eigenvalue weighted by atomic mass is 10.1. The third-order valence-electron chi connectivity index (χ3n) is 6.29. The maximum Gasteiger partial charge on any atom is 0.276 e. The number of aromatic nitrogens is 3. The molecule has 1 atom stereocenters. The van der Waals surface area contributed by atoms with Crippen LogP contribution in [0.3, 0.4) is 0 Å². The summed E-state index contributed by atoms with van der Waals surface area (Å²) in [5, 5.41) is 8.47. The second kappa shape index (κ2) is 9.11. The van der Waals surface area contributed by atoms with Crippen molar-refractivity contribution in [1.29, 1.82) is 0 Å². The molecule has 0 saturated carbocycles. The Morgan fingerprint density at radius 1 is 0.939 bits per heavy atom. The predicted molar refractivity (Wildman–Crippen MR) is 122 cm³/mol. The minimum atomic E-state index is -0.138. The first-order chi connectivity index (χ1) is 16.2. The molecule has 0 unspecified atom stereocenters. The number of hydrogen-bond acceptors (Lipinski definition) is 7. The number of anilines is 1. The summed E-state index contributed by atoms with van der Waals surface area (Å²) in [5.74, 6) is 1.55. The second-order valence-electron chi connectivity index (χ2n) is 8.12. The van der Waals surface area contributed by atoms with Crippen molar-refractivity contribution in [2.45, 2.75) is 19.3 Å². The van der Waals surface area contributed by atoms with Gasteiger partial charge in [0.1, 0.15) is 17.6 Å². The number of fused-ring (bicyclic) bond motifs is 1. The molecule has 1 fully saturated rings. The van der Waals surface area contributed by atoms with Crippen molar-refractivity contribution in [3.8, 4) is 11.5 Å². The summed E-state index contributed by atoms with van der Waals surface area (Å²) < 4.78 is 18.3. The van der Waals surface area contributed by atoms with E-state index in [0.29, 0.717) is 31.9 Å². The van der Waals surface area contributed by atoms with Crippen molar-refractivity contribution in [3.63, 3.8) is 0 Å². The Morgan fingerprint density at radius 3 is 2.21 bits per heavy atom. The average molecular weight is 450 g/mol. The number of methoxy groups -OCH3 is 2. The van der Waals surface area contributed by atoms with Crippen molar-refractivity contribution < 1.29 is 19.0 Å². The normalized spacial score (nSPS) is 18.1. The van der Waals surface area contributed by atoms with Crippen LogP contribution in [0.2, 0.25) is 0 Å². The zero-order chi connectivity index (χ0) is 22.8. The Morgan fingerprint density at radius 2 is 1.58 bits per heavy atom. The van der Waals surface area contributed by atoms with Crippen molar-refractivity contribution in [2.24, 2.45) is 0 Å². The Labute approximate surface area is 192 Å². The quantitative estimate of drug-likeness (QED) is 0.592. The Balaban J connectivity index is 1.22. The van der Waals surface area contributed by atoms with Gasteiger partial charge in [-0.3, -0.25) is 4.79 Å². The molecule has 0 radical (unpaired) electrons. The van der Waals surface area contributed by atoms with Crippen molar-refractivity contribution in [3.05, 3.63) is 65.5 Å². The number of carbonyl (C=O) groups excluding carboxylic acids is 1. The maximum atomic E-state index is 13.2. The van der Waals surface area contributed by atoms with Gasteiger partial charge < -0.3 is 24.0 Å². The molecule has 1 saturated heterocycles. The van der Waals surface area contributed by atoms with Crippen molar-refractivity contribution in [2.75, 3.05) is 45.3 Å². The number of rotatable bonds is 5. The lowest BCUT2D eigenvalue weighted by molar-refractivity contribution is -0.00198. The molecule has 0 spiro atoms. The molecule has 1 amide bonds. The third-order valence-corrected chi connectivity index (χ3v) is 6.29. The number of nitrogens with zero attached hydrogens (tertiary/aromatic N) is 5. The van der Waals surface area contributed by atoms with Gasteiger partial charge in [-0.1, -0.05) is 17.3 Å². The second-order valence-corrected chi connectivity index (χ2v) is 8.12. The fourth-order valence-corrected chi connectivity index (χ4v) is 4.31. The summed E-state index contributed by atoms with van der Waals surface area (Å²) in [7, 11) is 3.30. The standard InChI is InChI=1S/C24H27N5O4/c1-31-19-7-3-17(4-8-19)22-15-29-21(16-33-22)23(25-26-29)24(30)28-13-11-27(12-14-28)18-5-9-20(32-2)10-6-18/h3-10,22H,11-16H2,1-2H3/t22-/m0/s1. The minimum Gasteiger partial charge on any atom is -0.497 e. The molecule has 9 nitrogen and oxygen atoms in total. The highest BCUT2D eigenvalue weighted by Crippen LogP contribution is 2.29. The van der Waals surface area contributed by atoms with Gasteiger partial charge in [0.05, 0.1) is 33.1 Å². The highest BCUT2D eigenvalue weighted by molar-refractivity contribution is 5.93. The van der Waals surface area contributed by atoms with Gasteiger partial charge in [-0.15, -0.1) is 5.10 Å². The Hall–Kier alpha value is -3.59. The van der Waals surface area contributed by atoms with Crippen LogP contribution in [0.1, 0.15) is 27.8 Å². The number of ether oxygens (including phenoxy) is 3. The summed E-state index contributed by atoms with van der Waals surface area (Å²) in [6, 6.07) is 15.8. The van der Waals surface area contributed by atoms with Crippen LogP contribution in [-0.4, -0.2) is 66.2 Å². The van der Waals surface area contributed by atoms with Gasteiger partial charge in [0.25, 0.3) is 5.91 Å². The first-order valence-corrected chi connectivity index (χ1v) is 11.0. The smallest absolute Gasteiger partial charge is 0.276 e. The van der Waals surface area contributed by atoms with Gasteiger partial charge in [-0.25, -0.2) is 4.68 Å². The van der Waals surface area contributed by atoms with E-state index in [-0.39, 0.29) is 12.0 Å². The topological polar surface area (TPSA) is 82.0 Å². The molecule has 3 heterocycles. The first kappa shape index (κ1) is 21.3. The van der Waals surface area contributed by atoms with Crippen molar-refractivity contribution in [1.82, 2.24) is 19.9 Å². The predicted octanol–water partition coefficient (Wildman–Crippen LogP) is 2.53. The van der Waals surface area contributed by atoms with E-state index < -0.39 is 0 Å². The first-order valence-electron chi connectivity index (χ1n) is 11.0. The third kappa shape index (κ3) is 4.23. The molecule has 2 aliphatic rings. The van der Waals surface area contributed by atoms with E-state index in [4.69, 9.17) is 14.2 Å².